The van der Waals surface area contributed by atoms with E-state index in [2.05, 4.69) is 4.99 Å². The van der Waals surface area contributed by atoms with Crippen molar-refractivity contribution in [2.45, 2.75) is 6.42 Å². The van der Waals surface area contributed by atoms with Crippen LogP contribution in [-0.4, -0.2) is 22.6 Å². The Hall–Kier alpha value is -2.30. The van der Waals surface area contributed by atoms with Crippen LogP contribution in [0.4, 0.5) is 4.39 Å². The van der Waals surface area contributed by atoms with Crippen molar-refractivity contribution in [1.29, 1.82) is 0 Å². The molecule has 1 aliphatic heterocycles. The van der Waals surface area contributed by atoms with Gasteiger partial charge in [0.2, 0.25) is 0 Å². The molecule has 2 rings (SSSR count). The monoisotopic (exact) mass is 233 g/mol. The second kappa shape index (κ2) is 4.29. The van der Waals surface area contributed by atoms with E-state index in [-0.39, 0.29) is 12.2 Å². The fourth-order valence-corrected chi connectivity index (χ4v) is 1.48. The molecule has 86 valence electrons. The molecule has 1 aliphatic rings. The number of carboxylic acid groups (broad SMARTS) is 1. The van der Waals surface area contributed by atoms with Crippen molar-refractivity contribution in [3.8, 4) is 0 Å². The van der Waals surface area contributed by atoms with Gasteiger partial charge in [-0.15, -0.1) is 0 Å². The van der Waals surface area contributed by atoms with Crippen LogP contribution in [0.15, 0.2) is 35.3 Å². The highest BCUT2D eigenvalue weighted by Gasteiger charge is 2.22. The minimum absolute atomic E-state index is 0.00214. The lowest BCUT2D eigenvalue weighted by Gasteiger charge is -2.09. The summed E-state index contributed by atoms with van der Waals surface area (Å²) in [6.45, 7) is 0. The molecule has 0 bridgehead atoms. The minimum atomic E-state index is -1.34. The third-order valence-electron chi connectivity index (χ3n) is 2.32. The molecule has 1 heterocycles. The van der Waals surface area contributed by atoms with Gasteiger partial charge in [0.25, 0.3) is 0 Å². The quantitative estimate of drug-likeness (QED) is 0.844. The van der Waals surface area contributed by atoms with E-state index in [9.17, 15) is 14.0 Å². The molecule has 0 radical (unpaired) electrons. The van der Waals surface area contributed by atoms with Crippen LogP contribution in [0.25, 0.3) is 5.70 Å². The lowest BCUT2D eigenvalue weighted by Crippen LogP contribution is -2.25. The molecule has 0 unspecified atom stereocenters. The Bertz CT molecular complexity index is 543. The Balaban J connectivity index is 2.38. The Morgan fingerprint density at radius 1 is 1.29 bits per heavy atom. The molecule has 5 heteroatoms. The number of carbonyl (C=O) groups is 2. The standard InChI is InChI=1S/C12H8FNO3/c13-8-3-1-7(2-4-8)9-5-6-10(15)11(14-9)12(16)17/h1-5H,6H2,(H,16,17). The Kier molecular flexibility index (Phi) is 2.82. The summed E-state index contributed by atoms with van der Waals surface area (Å²) in [6, 6.07) is 5.48. The van der Waals surface area contributed by atoms with E-state index < -0.39 is 17.5 Å². The highest BCUT2D eigenvalue weighted by Crippen LogP contribution is 2.20. The van der Waals surface area contributed by atoms with E-state index in [1.54, 1.807) is 0 Å². The number of aliphatic carboxylic acids is 1. The first-order chi connectivity index (χ1) is 8.08. The summed E-state index contributed by atoms with van der Waals surface area (Å²) in [5, 5.41) is 8.78. The molecule has 4 nitrogen and oxygen atoms in total. The number of ketones is 1. The maximum atomic E-state index is 12.7. The second-order valence-corrected chi connectivity index (χ2v) is 3.49. The van der Waals surface area contributed by atoms with E-state index in [1.165, 1.54) is 30.3 Å². The van der Waals surface area contributed by atoms with Crippen LogP contribution in [0.2, 0.25) is 0 Å². The van der Waals surface area contributed by atoms with Crippen LogP contribution in [0.5, 0.6) is 0 Å². The highest BCUT2D eigenvalue weighted by atomic mass is 19.1. The maximum absolute atomic E-state index is 12.7. The van der Waals surface area contributed by atoms with Gasteiger partial charge in [0.05, 0.1) is 5.70 Å². The zero-order chi connectivity index (χ0) is 12.4. The molecule has 0 saturated carbocycles. The van der Waals surface area contributed by atoms with Crippen LogP contribution >= 0.6 is 0 Å². The molecular formula is C12H8FNO3. The van der Waals surface area contributed by atoms with Crippen molar-refractivity contribution in [1.82, 2.24) is 0 Å². The van der Waals surface area contributed by atoms with Gasteiger partial charge in [0.1, 0.15) is 5.82 Å². The molecule has 0 amide bonds. The summed E-state index contributed by atoms with van der Waals surface area (Å²) in [5.74, 6) is -2.25. The molecule has 17 heavy (non-hydrogen) atoms. The van der Waals surface area contributed by atoms with Gasteiger partial charge in [-0.3, -0.25) is 4.79 Å². The summed E-state index contributed by atoms with van der Waals surface area (Å²) in [6.07, 6.45) is 1.53. The predicted molar refractivity (Wildman–Crippen MR) is 59.1 cm³/mol. The number of allylic oxidation sites excluding steroid dienone is 1. The SMILES string of the molecule is O=C(O)C1=NC(c2ccc(F)cc2)=CCC1=O. The lowest BCUT2D eigenvalue weighted by atomic mass is 10.0. The topological polar surface area (TPSA) is 66.7 Å². The van der Waals surface area contributed by atoms with Crippen molar-refractivity contribution in [2.24, 2.45) is 4.99 Å². The summed E-state index contributed by atoms with van der Waals surface area (Å²) in [5.41, 5.74) is 0.478. The first-order valence-corrected chi connectivity index (χ1v) is 4.89. The van der Waals surface area contributed by atoms with Gasteiger partial charge >= 0.3 is 5.97 Å². The van der Waals surface area contributed by atoms with Crippen LogP contribution in [0, 0.1) is 5.82 Å². The first kappa shape index (κ1) is 11.2. The summed E-state index contributed by atoms with van der Waals surface area (Å²) < 4.78 is 12.7. The molecule has 0 atom stereocenters. The van der Waals surface area contributed by atoms with Crippen LogP contribution in [0.3, 0.4) is 0 Å². The van der Waals surface area contributed by atoms with Crippen LogP contribution < -0.4 is 0 Å². The maximum Gasteiger partial charge on any atom is 0.358 e. The second-order valence-electron chi connectivity index (χ2n) is 3.49. The molecular weight excluding hydrogens is 225 g/mol. The molecule has 0 saturated heterocycles. The van der Waals surface area contributed by atoms with Crippen molar-refractivity contribution in [3.63, 3.8) is 0 Å². The largest absolute Gasteiger partial charge is 0.476 e. The van der Waals surface area contributed by atoms with E-state index in [4.69, 9.17) is 5.11 Å². The number of rotatable bonds is 2. The number of hydrogen-bond donors (Lipinski definition) is 1. The first-order valence-electron chi connectivity index (χ1n) is 4.89. The highest BCUT2D eigenvalue weighted by molar-refractivity contribution is 6.65. The lowest BCUT2D eigenvalue weighted by molar-refractivity contribution is -0.130. The van der Waals surface area contributed by atoms with Gasteiger partial charge in [0.15, 0.2) is 11.5 Å². The number of carbonyl (C=O) groups excluding carboxylic acids is 1. The molecule has 0 spiro atoms. The molecule has 1 aromatic carbocycles. The van der Waals surface area contributed by atoms with Crippen LogP contribution in [-0.2, 0) is 9.59 Å². The van der Waals surface area contributed by atoms with E-state index in [0.29, 0.717) is 11.3 Å². The van der Waals surface area contributed by atoms with Gasteiger partial charge in [0, 0.05) is 12.0 Å². The minimum Gasteiger partial charge on any atom is -0.476 e. The van der Waals surface area contributed by atoms with E-state index in [0.717, 1.165) is 0 Å². The Morgan fingerprint density at radius 2 is 1.94 bits per heavy atom. The predicted octanol–water partition coefficient (Wildman–Crippen LogP) is 1.67. The van der Waals surface area contributed by atoms with Crippen LogP contribution in [0.1, 0.15) is 12.0 Å². The number of nitrogens with zero attached hydrogens (tertiary/aromatic N) is 1. The number of carboxylic acids is 1. The average Bonchev–Trinajstić information content (AvgIpc) is 2.30. The number of aliphatic imine (C=N–C) groups is 1. The van der Waals surface area contributed by atoms with Crippen molar-refractivity contribution >= 4 is 23.2 Å². The summed E-state index contributed by atoms with van der Waals surface area (Å²) in [7, 11) is 0. The summed E-state index contributed by atoms with van der Waals surface area (Å²) >= 11 is 0. The van der Waals surface area contributed by atoms with Gasteiger partial charge < -0.3 is 5.11 Å². The molecule has 1 aromatic rings. The fourth-order valence-electron chi connectivity index (χ4n) is 1.48. The smallest absolute Gasteiger partial charge is 0.358 e. The fraction of sp³-hybridized carbons (Fsp3) is 0.0833. The number of halogens is 1. The molecule has 1 N–H and O–H groups in total. The summed E-state index contributed by atoms with van der Waals surface area (Å²) in [4.78, 5) is 25.8. The van der Waals surface area contributed by atoms with E-state index >= 15 is 0 Å². The van der Waals surface area contributed by atoms with Gasteiger partial charge in [-0.25, -0.2) is 14.2 Å². The Labute approximate surface area is 96.1 Å². The van der Waals surface area contributed by atoms with Gasteiger partial charge in [-0.05, 0) is 24.3 Å². The van der Waals surface area contributed by atoms with Gasteiger partial charge in [-0.2, -0.15) is 0 Å². The average molecular weight is 233 g/mol. The van der Waals surface area contributed by atoms with Crippen molar-refractivity contribution in [2.75, 3.05) is 0 Å². The third-order valence-corrected chi connectivity index (χ3v) is 2.32. The van der Waals surface area contributed by atoms with Crippen molar-refractivity contribution in [3.05, 3.63) is 41.7 Å². The van der Waals surface area contributed by atoms with Crippen molar-refractivity contribution < 1.29 is 19.1 Å². The number of hydrogen-bond acceptors (Lipinski definition) is 3. The number of Topliss-reactive ketones (excluding diaryl/α,β-unsaturated/α-hetero) is 1. The molecule has 0 fully saturated rings. The number of benzene rings is 1. The Morgan fingerprint density at radius 3 is 2.53 bits per heavy atom. The zero-order valence-electron chi connectivity index (χ0n) is 8.68. The normalized spacial score (nSPS) is 15.2. The van der Waals surface area contributed by atoms with E-state index in [1.807, 2.05) is 0 Å². The molecule has 0 aliphatic carbocycles. The zero-order valence-corrected chi connectivity index (χ0v) is 8.68. The molecule has 0 aromatic heterocycles. The van der Waals surface area contributed by atoms with Gasteiger partial charge in [-0.1, -0.05) is 6.08 Å². The third kappa shape index (κ3) is 2.28.